The Morgan fingerprint density at radius 3 is 2.47 bits per heavy atom. The number of carbonyl (C=O) groups is 3. The molecule has 1 aromatic carbocycles. The predicted octanol–water partition coefficient (Wildman–Crippen LogP) is 4.03. The lowest BCUT2D eigenvalue weighted by Crippen LogP contribution is -2.46. The molecule has 0 radical (unpaired) electrons. The molecular weight excluding hydrogens is 408 g/mol. The van der Waals surface area contributed by atoms with Crippen molar-refractivity contribution in [2.75, 3.05) is 45.1 Å². The lowest BCUT2D eigenvalue weighted by molar-refractivity contribution is 0.0253. The minimum atomic E-state index is -0.533. The first-order valence-electron chi connectivity index (χ1n) is 11.5. The summed E-state index contributed by atoms with van der Waals surface area (Å²) in [5.41, 5.74) is 0.683. The molecule has 1 aromatic rings. The maximum atomic E-state index is 12.9. The van der Waals surface area contributed by atoms with Gasteiger partial charge >= 0.3 is 12.1 Å². The van der Waals surface area contributed by atoms with Crippen LogP contribution < -0.4 is 5.32 Å². The van der Waals surface area contributed by atoms with E-state index in [1.54, 1.807) is 41.1 Å². The van der Waals surface area contributed by atoms with E-state index < -0.39 is 5.60 Å². The Hall–Kier alpha value is -2.77. The number of nitrogens with zero attached hydrogens (tertiary/aromatic N) is 3. The van der Waals surface area contributed by atoms with Gasteiger partial charge in [-0.2, -0.15) is 0 Å². The minimum Gasteiger partial charge on any atom is -0.444 e. The smallest absolute Gasteiger partial charge is 0.410 e. The Balaban J connectivity index is 1.54. The third kappa shape index (κ3) is 6.61. The normalized spacial score (nSPS) is 18.9. The highest BCUT2D eigenvalue weighted by atomic mass is 16.6. The van der Waals surface area contributed by atoms with Crippen molar-refractivity contribution in [2.24, 2.45) is 5.92 Å². The maximum absolute atomic E-state index is 12.9. The predicted molar refractivity (Wildman–Crippen MR) is 124 cm³/mol. The van der Waals surface area contributed by atoms with Crippen LogP contribution in [0.2, 0.25) is 0 Å². The van der Waals surface area contributed by atoms with Gasteiger partial charge in [-0.25, -0.2) is 9.59 Å². The fourth-order valence-corrected chi connectivity index (χ4v) is 4.24. The monoisotopic (exact) mass is 444 g/mol. The molecule has 2 heterocycles. The summed E-state index contributed by atoms with van der Waals surface area (Å²) in [5.74, 6) is 0.205. The topological polar surface area (TPSA) is 82.2 Å². The average Bonchev–Trinajstić information content (AvgIpc) is 3.27. The molecule has 8 nitrogen and oxygen atoms in total. The van der Waals surface area contributed by atoms with E-state index in [0.29, 0.717) is 30.9 Å². The SMILES string of the molecule is CN(CC1CCCN(C(=O)Nc2cccc(C(=O)N3CCCC3)c2)C1)C(=O)OC(C)(C)C. The molecular formula is C24H36N4O4. The van der Waals surface area contributed by atoms with Gasteiger partial charge in [0.2, 0.25) is 0 Å². The first-order chi connectivity index (χ1) is 15.1. The molecule has 176 valence electrons. The molecule has 0 bridgehead atoms. The third-order valence-electron chi connectivity index (χ3n) is 5.80. The number of piperidine rings is 1. The number of ether oxygens (including phenoxy) is 1. The fraction of sp³-hybridized carbons (Fsp3) is 0.625. The Kier molecular flexibility index (Phi) is 7.64. The van der Waals surface area contributed by atoms with Crippen LogP contribution in [0.3, 0.4) is 0 Å². The van der Waals surface area contributed by atoms with Crippen molar-refractivity contribution in [1.29, 1.82) is 0 Å². The Bertz CT molecular complexity index is 830. The summed E-state index contributed by atoms with van der Waals surface area (Å²) in [5, 5.41) is 2.94. The molecule has 1 atom stereocenters. The molecule has 0 saturated carbocycles. The van der Waals surface area contributed by atoms with Crippen LogP contribution in [-0.2, 0) is 4.74 Å². The molecule has 1 N–H and O–H groups in total. The lowest BCUT2D eigenvalue weighted by atomic mass is 9.98. The van der Waals surface area contributed by atoms with Crippen molar-refractivity contribution in [2.45, 2.75) is 52.1 Å². The molecule has 3 rings (SSSR count). The van der Waals surface area contributed by atoms with Crippen LogP contribution in [0.1, 0.15) is 56.8 Å². The number of carbonyl (C=O) groups excluding carboxylic acids is 3. The lowest BCUT2D eigenvalue weighted by Gasteiger charge is -2.35. The minimum absolute atomic E-state index is 0.0156. The van der Waals surface area contributed by atoms with E-state index in [0.717, 1.165) is 38.8 Å². The molecule has 2 fully saturated rings. The van der Waals surface area contributed by atoms with E-state index >= 15 is 0 Å². The number of hydrogen-bond donors (Lipinski definition) is 1. The largest absolute Gasteiger partial charge is 0.444 e. The molecule has 0 aromatic heterocycles. The summed E-state index contributed by atoms with van der Waals surface area (Å²) < 4.78 is 5.42. The zero-order valence-corrected chi connectivity index (χ0v) is 19.7. The van der Waals surface area contributed by atoms with E-state index in [1.807, 2.05) is 25.7 Å². The Labute approximate surface area is 190 Å². The molecule has 8 heteroatoms. The van der Waals surface area contributed by atoms with Crippen LogP contribution in [0.25, 0.3) is 0 Å². The highest BCUT2D eigenvalue weighted by Crippen LogP contribution is 2.21. The first-order valence-corrected chi connectivity index (χ1v) is 11.5. The van der Waals surface area contributed by atoms with Gasteiger partial charge < -0.3 is 24.8 Å². The van der Waals surface area contributed by atoms with Crippen molar-refractivity contribution in [3.8, 4) is 0 Å². The summed E-state index contributed by atoms with van der Waals surface area (Å²) in [6, 6.07) is 6.96. The van der Waals surface area contributed by atoms with Gasteiger partial charge in [-0.15, -0.1) is 0 Å². The first kappa shape index (κ1) is 23.9. The summed E-state index contributed by atoms with van der Waals surface area (Å²) >= 11 is 0. The van der Waals surface area contributed by atoms with Crippen molar-refractivity contribution in [1.82, 2.24) is 14.7 Å². The van der Waals surface area contributed by atoms with E-state index in [9.17, 15) is 14.4 Å². The van der Waals surface area contributed by atoms with Crippen LogP contribution in [-0.4, -0.2) is 78.1 Å². The molecule has 4 amide bonds. The van der Waals surface area contributed by atoms with Crippen LogP contribution in [0.15, 0.2) is 24.3 Å². The van der Waals surface area contributed by atoms with Gasteiger partial charge in [0.25, 0.3) is 5.91 Å². The second-order valence-electron chi connectivity index (χ2n) is 9.83. The standard InChI is InChI=1S/C24H36N4O4/c1-24(2,3)32-23(31)26(4)16-18-9-8-14-28(17-18)22(30)25-20-11-7-10-19(15-20)21(29)27-12-5-6-13-27/h7,10-11,15,18H,5-6,8-9,12-14,16-17H2,1-4H3,(H,25,30). The highest BCUT2D eigenvalue weighted by Gasteiger charge is 2.28. The quantitative estimate of drug-likeness (QED) is 0.760. The summed E-state index contributed by atoms with van der Waals surface area (Å²) in [4.78, 5) is 43.0. The molecule has 32 heavy (non-hydrogen) atoms. The van der Waals surface area contributed by atoms with Crippen molar-refractivity contribution >= 4 is 23.7 Å². The van der Waals surface area contributed by atoms with Gasteiger partial charge in [0.15, 0.2) is 0 Å². The van der Waals surface area contributed by atoms with Gasteiger partial charge in [0.05, 0.1) is 0 Å². The van der Waals surface area contributed by atoms with Crippen molar-refractivity contribution in [3.63, 3.8) is 0 Å². The number of anilines is 1. The van der Waals surface area contributed by atoms with Gasteiger partial charge in [0, 0.05) is 51.0 Å². The van der Waals surface area contributed by atoms with Crippen LogP contribution in [0, 0.1) is 5.92 Å². The average molecular weight is 445 g/mol. The van der Waals surface area contributed by atoms with Crippen molar-refractivity contribution in [3.05, 3.63) is 29.8 Å². The molecule has 0 aliphatic carbocycles. The van der Waals surface area contributed by atoms with E-state index in [1.165, 1.54) is 0 Å². The van der Waals surface area contributed by atoms with Crippen molar-refractivity contribution < 1.29 is 19.1 Å². The summed E-state index contributed by atoms with van der Waals surface area (Å²) in [6.07, 6.45) is 3.58. The number of benzene rings is 1. The third-order valence-corrected chi connectivity index (χ3v) is 5.80. The van der Waals surface area contributed by atoms with Gasteiger partial charge in [-0.1, -0.05) is 6.07 Å². The van der Waals surface area contributed by atoms with Gasteiger partial charge in [-0.05, 0) is 70.6 Å². The summed E-state index contributed by atoms with van der Waals surface area (Å²) in [7, 11) is 1.73. The fourth-order valence-electron chi connectivity index (χ4n) is 4.24. The number of likely N-dealkylation sites (tertiary alicyclic amines) is 2. The Morgan fingerprint density at radius 1 is 1.09 bits per heavy atom. The number of urea groups is 1. The zero-order valence-electron chi connectivity index (χ0n) is 19.7. The van der Waals surface area contributed by atoms with Gasteiger partial charge in [-0.3, -0.25) is 4.79 Å². The number of hydrogen-bond acceptors (Lipinski definition) is 4. The Morgan fingerprint density at radius 2 is 1.78 bits per heavy atom. The second kappa shape index (κ2) is 10.2. The second-order valence-corrected chi connectivity index (χ2v) is 9.83. The van der Waals surface area contributed by atoms with Crippen LogP contribution >= 0.6 is 0 Å². The van der Waals surface area contributed by atoms with E-state index in [2.05, 4.69) is 5.32 Å². The zero-order chi connectivity index (χ0) is 23.3. The molecule has 2 aliphatic heterocycles. The van der Waals surface area contributed by atoms with E-state index in [-0.39, 0.29) is 23.9 Å². The van der Waals surface area contributed by atoms with Crippen LogP contribution in [0.4, 0.5) is 15.3 Å². The molecule has 1 unspecified atom stereocenters. The molecule has 2 saturated heterocycles. The number of rotatable bonds is 4. The number of nitrogens with one attached hydrogen (secondary N) is 1. The maximum Gasteiger partial charge on any atom is 0.410 e. The highest BCUT2D eigenvalue weighted by molar-refractivity contribution is 5.97. The van der Waals surface area contributed by atoms with E-state index in [4.69, 9.17) is 4.74 Å². The van der Waals surface area contributed by atoms with Gasteiger partial charge in [0.1, 0.15) is 5.60 Å². The number of amides is 4. The molecule has 2 aliphatic rings. The van der Waals surface area contributed by atoms with Crippen LogP contribution in [0.5, 0.6) is 0 Å². The molecule has 0 spiro atoms. The summed E-state index contributed by atoms with van der Waals surface area (Å²) in [6.45, 7) is 8.91.